The van der Waals surface area contributed by atoms with E-state index in [-0.39, 0.29) is 0 Å². The number of aromatic amines is 1. The van der Waals surface area contributed by atoms with Crippen molar-refractivity contribution in [1.29, 1.82) is 0 Å². The number of anilines is 1. The van der Waals surface area contributed by atoms with Crippen molar-refractivity contribution in [2.24, 2.45) is 0 Å². The van der Waals surface area contributed by atoms with Crippen LogP contribution in [0, 0.1) is 18.6 Å². The topological polar surface area (TPSA) is 35.2 Å². The molecule has 1 aromatic carbocycles. The van der Waals surface area contributed by atoms with E-state index in [0.29, 0.717) is 5.69 Å². The summed E-state index contributed by atoms with van der Waals surface area (Å²) < 4.78 is 26.7. The Balaban J connectivity index is 1.59. The molecule has 3 rings (SSSR count). The van der Waals surface area contributed by atoms with Crippen LogP contribution in [0.15, 0.2) is 24.4 Å². The molecule has 1 aliphatic heterocycles. The summed E-state index contributed by atoms with van der Waals surface area (Å²) in [6.07, 6.45) is 1.82. The standard InChI is InChI=1S/C15H18F2N4/c1-11-9-18-15(19-11)10-20-4-6-21(7-5-20)14-3-2-12(16)8-13(14)17/h2-3,8-9H,4-7,10H2,1H3,(H,18,19). The number of piperazine rings is 1. The molecule has 0 amide bonds. The Bertz CT molecular complexity index is 618. The molecule has 2 aromatic rings. The first-order chi connectivity index (χ1) is 10.1. The third-order valence-corrected chi connectivity index (χ3v) is 3.75. The van der Waals surface area contributed by atoms with Crippen LogP contribution in [0.1, 0.15) is 11.5 Å². The number of aryl methyl sites for hydroxylation is 1. The van der Waals surface area contributed by atoms with Crippen LogP contribution in [0.2, 0.25) is 0 Å². The van der Waals surface area contributed by atoms with Gasteiger partial charge in [0, 0.05) is 44.1 Å². The third-order valence-electron chi connectivity index (χ3n) is 3.75. The van der Waals surface area contributed by atoms with Crippen LogP contribution in [-0.4, -0.2) is 41.0 Å². The molecule has 0 atom stereocenters. The van der Waals surface area contributed by atoms with Gasteiger partial charge in [-0.15, -0.1) is 0 Å². The van der Waals surface area contributed by atoms with E-state index < -0.39 is 11.6 Å². The van der Waals surface area contributed by atoms with Crippen molar-refractivity contribution in [3.05, 3.63) is 47.5 Å². The van der Waals surface area contributed by atoms with Crippen LogP contribution in [0.25, 0.3) is 0 Å². The molecule has 0 aliphatic carbocycles. The van der Waals surface area contributed by atoms with E-state index in [4.69, 9.17) is 0 Å². The van der Waals surface area contributed by atoms with E-state index in [2.05, 4.69) is 14.9 Å². The fourth-order valence-corrected chi connectivity index (χ4v) is 2.64. The summed E-state index contributed by atoms with van der Waals surface area (Å²) in [4.78, 5) is 11.7. The molecule has 1 N–H and O–H groups in total. The predicted molar refractivity (Wildman–Crippen MR) is 77.2 cm³/mol. The predicted octanol–water partition coefficient (Wildman–Crippen LogP) is 2.32. The number of nitrogens with one attached hydrogen (secondary N) is 1. The molecule has 1 aromatic heterocycles. The highest BCUT2D eigenvalue weighted by molar-refractivity contribution is 5.48. The lowest BCUT2D eigenvalue weighted by Gasteiger charge is -2.35. The van der Waals surface area contributed by atoms with E-state index in [1.54, 1.807) is 0 Å². The number of hydrogen-bond donors (Lipinski definition) is 1. The van der Waals surface area contributed by atoms with Gasteiger partial charge in [0.2, 0.25) is 0 Å². The number of nitrogens with zero attached hydrogens (tertiary/aromatic N) is 3. The number of hydrogen-bond acceptors (Lipinski definition) is 3. The van der Waals surface area contributed by atoms with E-state index in [1.165, 1.54) is 12.1 Å². The van der Waals surface area contributed by atoms with E-state index in [9.17, 15) is 8.78 Å². The summed E-state index contributed by atoms with van der Waals surface area (Å²) in [5, 5.41) is 0. The molecule has 1 saturated heterocycles. The molecule has 6 heteroatoms. The molecule has 112 valence electrons. The fraction of sp³-hybridized carbons (Fsp3) is 0.400. The fourth-order valence-electron chi connectivity index (χ4n) is 2.64. The Morgan fingerprint density at radius 2 is 1.95 bits per heavy atom. The smallest absolute Gasteiger partial charge is 0.149 e. The van der Waals surface area contributed by atoms with Gasteiger partial charge in [0.25, 0.3) is 0 Å². The molecule has 2 heterocycles. The van der Waals surface area contributed by atoms with E-state index >= 15 is 0 Å². The number of rotatable bonds is 3. The molecule has 4 nitrogen and oxygen atoms in total. The first kappa shape index (κ1) is 14.0. The maximum absolute atomic E-state index is 13.8. The first-order valence-corrected chi connectivity index (χ1v) is 7.04. The highest BCUT2D eigenvalue weighted by Gasteiger charge is 2.20. The first-order valence-electron chi connectivity index (χ1n) is 7.04. The lowest BCUT2D eigenvalue weighted by atomic mass is 10.2. The Kier molecular flexibility index (Phi) is 3.88. The normalized spacial score (nSPS) is 16.4. The molecular formula is C15H18F2N4. The summed E-state index contributed by atoms with van der Waals surface area (Å²) in [7, 11) is 0. The maximum Gasteiger partial charge on any atom is 0.149 e. The minimum absolute atomic E-state index is 0.477. The summed E-state index contributed by atoms with van der Waals surface area (Å²) >= 11 is 0. The van der Waals surface area contributed by atoms with Crippen molar-refractivity contribution in [1.82, 2.24) is 14.9 Å². The lowest BCUT2D eigenvalue weighted by molar-refractivity contribution is 0.244. The molecule has 0 radical (unpaired) electrons. The van der Waals surface area contributed by atoms with Gasteiger partial charge in [-0.1, -0.05) is 0 Å². The zero-order valence-corrected chi connectivity index (χ0v) is 11.9. The Hall–Kier alpha value is -1.95. The molecule has 0 bridgehead atoms. The van der Waals surface area contributed by atoms with E-state index in [1.807, 2.05) is 18.0 Å². The average molecular weight is 292 g/mol. The molecule has 0 spiro atoms. The summed E-state index contributed by atoms with van der Waals surface area (Å²) in [5.74, 6) is -0.0814. The maximum atomic E-state index is 13.8. The largest absolute Gasteiger partial charge is 0.367 e. The molecule has 21 heavy (non-hydrogen) atoms. The van der Waals surface area contributed by atoms with Crippen molar-refractivity contribution in [2.45, 2.75) is 13.5 Å². The number of imidazole rings is 1. The minimum Gasteiger partial charge on any atom is -0.367 e. The van der Waals surface area contributed by atoms with Gasteiger partial charge in [-0.3, -0.25) is 4.90 Å². The van der Waals surface area contributed by atoms with Crippen LogP contribution >= 0.6 is 0 Å². The second kappa shape index (κ2) is 5.81. The van der Waals surface area contributed by atoms with Crippen molar-refractivity contribution in [3.63, 3.8) is 0 Å². The van der Waals surface area contributed by atoms with Crippen LogP contribution in [0.3, 0.4) is 0 Å². The molecule has 1 fully saturated rings. The van der Waals surface area contributed by atoms with Gasteiger partial charge in [0.05, 0.1) is 12.2 Å². The third kappa shape index (κ3) is 3.21. The quantitative estimate of drug-likeness (QED) is 0.943. The highest BCUT2D eigenvalue weighted by atomic mass is 19.1. The molecule has 0 unspecified atom stereocenters. The summed E-state index contributed by atoms with van der Waals surface area (Å²) in [5.41, 5.74) is 1.53. The number of H-pyrrole nitrogens is 1. The molecular weight excluding hydrogens is 274 g/mol. The zero-order valence-electron chi connectivity index (χ0n) is 11.9. The minimum atomic E-state index is -0.539. The Labute approximate surface area is 122 Å². The van der Waals surface area contributed by atoms with Crippen molar-refractivity contribution < 1.29 is 8.78 Å². The average Bonchev–Trinajstić information content (AvgIpc) is 2.85. The number of halogens is 2. The van der Waals surface area contributed by atoms with Crippen molar-refractivity contribution in [2.75, 3.05) is 31.1 Å². The van der Waals surface area contributed by atoms with Gasteiger partial charge in [-0.2, -0.15) is 0 Å². The van der Waals surface area contributed by atoms with Gasteiger partial charge >= 0.3 is 0 Å². The Morgan fingerprint density at radius 3 is 2.57 bits per heavy atom. The van der Waals surface area contributed by atoms with Gasteiger partial charge in [0.1, 0.15) is 17.5 Å². The van der Waals surface area contributed by atoms with E-state index in [0.717, 1.165) is 50.3 Å². The van der Waals surface area contributed by atoms with Gasteiger partial charge in [0.15, 0.2) is 0 Å². The molecule has 0 saturated carbocycles. The second-order valence-corrected chi connectivity index (χ2v) is 5.37. The number of benzene rings is 1. The lowest BCUT2D eigenvalue weighted by Crippen LogP contribution is -2.46. The summed E-state index contributed by atoms with van der Waals surface area (Å²) in [6, 6.07) is 3.75. The highest BCUT2D eigenvalue weighted by Crippen LogP contribution is 2.21. The number of aromatic nitrogens is 2. The van der Waals surface area contributed by atoms with Crippen LogP contribution < -0.4 is 4.90 Å². The Morgan fingerprint density at radius 1 is 1.19 bits per heavy atom. The second-order valence-electron chi connectivity index (χ2n) is 5.37. The SMILES string of the molecule is Cc1cnc(CN2CCN(c3ccc(F)cc3F)CC2)[nH]1. The van der Waals surface area contributed by atoms with Crippen LogP contribution in [-0.2, 0) is 6.54 Å². The van der Waals surface area contributed by atoms with Crippen molar-refractivity contribution in [3.8, 4) is 0 Å². The van der Waals surface area contributed by atoms with Crippen molar-refractivity contribution >= 4 is 5.69 Å². The van der Waals surface area contributed by atoms with Gasteiger partial charge < -0.3 is 9.88 Å². The monoisotopic (exact) mass is 292 g/mol. The van der Waals surface area contributed by atoms with Crippen LogP contribution in [0.4, 0.5) is 14.5 Å². The summed E-state index contributed by atoms with van der Waals surface area (Å²) in [6.45, 7) is 5.86. The van der Waals surface area contributed by atoms with Gasteiger partial charge in [-0.05, 0) is 19.1 Å². The van der Waals surface area contributed by atoms with Crippen LogP contribution in [0.5, 0.6) is 0 Å². The molecule has 1 aliphatic rings. The van der Waals surface area contributed by atoms with Gasteiger partial charge in [-0.25, -0.2) is 13.8 Å². The zero-order chi connectivity index (χ0) is 14.8.